The smallest absolute Gasteiger partial charge is 0.340 e. The van der Waals surface area contributed by atoms with E-state index in [2.05, 4.69) is 5.32 Å². The lowest BCUT2D eigenvalue weighted by Gasteiger charge is -2.17. The zero-order valence-electron chi connectivity index (χ0n) is 19.9. The van der Waals surface area contributed by atoms with Gasteiger partial charge >= 0.3 is 5.97 Å². The number of ketones is 1. The van der Waals surface area contributed by atoms with Crippen LogP contribution >= 0.6 is 0 Å². The van der Waals surface area contributed by atoms with Gasteiger partial charge in [-0.05, 0) is 31.0 Å². The minimum atomic E-state index is -0.768. The predicted molar refractivity (Wildman–Crippen MR) is 127 cm³/mol. The van der Waals surface area contributed by atoms with E-state index >= 15 is 0 Å². The number of hydrogen-bond donors (Lipinski definition) is 1. The van der Waals surface area contributed by atoms with E-state index in [1.54, 1.807) is 18.2 Å². The Hall–Kier alpha value is -3.75. The fraction of sp³-hybridized carbons (Fsp3) is 0.423. The number of fused-ring (bicyclic) bond motifs is 1. The van der Waals surface area contributed by atoms with Gasteiger partial charge in [0.2, 0.25) is 5.91 Å². The van der Waals surface area contributed by atoms with Crippen LogP contribution in [-0.4, -0.2) is 51.7 Å². The fourth-order valence-electron chi connectivity index (χ4n) is 4.20. The first kappa shape index (κ1) is 24.4. The number of amides is 1. The number of benzene rings is 2. The molecule has 1 heterocycles. The van der Waals surface area contributed by atoms with E-state index in [0.717, 1.165) is 32.1 Å². The maximum absolute atomic E-state index is 13.0. The van der Waals surface area contributed by atoms with E-state index in [9.17, 15) is 14.4 Å². The van der Waals surface area contributed by atoms with E-state index in [4.69, 9.17) is 23.7 Å². The van der Waals surface area contributed by atoms with Crippen molar-refractivity contribution in [2.45, 2.75) is 32.1 Å². The summed E-state index contributed by atoms with van der Waals surface area (Å²) in [6, 6.07) is 7.81. The second kappa shape index (κ2) is 11.1. The van der Waals surface area contributed by atoms with E-state index in [1.807, 2.05) is 0 Å². The van der Waals surface area contributed by atoms with E-state index in [0.29, 0.717) is 41.8 Å². The third-order valence-electron chi connectivity index (χ3n) is 6.13. The van der Waals surface area contributed by atoms with Gasteiger partial charge in [0.25, 0.3) is 0 Å². The van der Waals surface area contributed by atoms with Gasteiger partial charge in [0.1, 0.15) is 0 Å². The number of esters is 1. The highest BCUT2D eigenvalue weighted by Gasteiger charge is 2.26. The second-order valence-corrected chi connectivity index (χ2v) is 8.43. The normalized spacial score (nSPS) is 15.1. The van der Waals surface area contributed by atoms with E-state index in [-0.39, 0.29) is 23.1 Å². The van der Waals surface area contributed by atoms with Gasteiger partial charge in [0.15, 0.2) is 35.4 Å². The summed E-state index contributed by atoms with van der Waals surface area (Å²) in [5.41, 5.74) is 0.650. The van der Waals surface area contributed by atoms with Crippen molar-refractivity contribution >= 4 is 23.3 Å². The molecule has 0 radical (unpaired) electrons. The lowest BCUT2D eigenvalue weighted by atomic mass is 10.1. The zero-order chi connectivity index (χ0) is 24.8. The van der Waals surface area contributed by atoms with Crippen LogP contribution in [-0.2, 0) is 9.53 Å². The summed E-state index contributed by atoms with van der Waals surface area (Å²) >= 11 is 0. The Labute approximate surface area is 203 Å². The molecular formula is C26H29NO8. The minimum Gasteiger partial charge on any atom is -0.493 e. The summed E-state index contributed by atoms with van der Waals surface area (Å²) in [5, 5.41) is 2.83. The molecule has 9 heteroatoms. The molecule has 0 spiro atoms. The van der Waals surface area contributed by atoms with Gasteiger partial charge in [-0.15, -0.1) is 0 Å². The standard InChI is InChI=1S/C26H29NO8/c1-31-22-13-18(19(14-23(22)32-2)27-25(29)16-6-3-4-7-16)26(30)35-15-20(28)17-8-9-21-24(12-17)34-11-5-10-33-21/h8-9,12-14,16H,3-7,10-11,15H2,1-2H3,(H,27,29). The monoisotopic (exact) mass is 483 g/mol. The molecule has 1 N–H and O–H groups in total. The van der Waals surface area contributed by atoms with Crippen LogP contribution in [0.15, 0.2) is 30.3 Å². The molecule has 0 unspecified atom stereocenters. The van der Waals surface area contributed by atoms with Crippen molar-refractivity contribution in [1.29, 1.82) is 0 Å². The van der Waals surface area contributed by atoms with Gasteiger partial charge < -0.3 is 29.0 Å². The number of ether oxygens (including phenoxy) is 5. The third-order valence-corrected chi connectivity index (χ3v) is 6.13. The lowest BCUT2D eigenvalue weighted by molar-refractivity contribution is -0.119. The number of anilines is 1. The minimum absolute atomic E-state index is 0.0699. The highest BCUT2D eigenvalue weighted by molar-refractivity contribution is 6.04. The second-order valence-electron chi connectivity index (χ2n) is 8.43. The molecule has 4 rings (SSSR count). The molecule has 2 aromatic rings. The summed E-state index contributed by atoms with van der Waals surface area (Å²) in [6.07, 6.45) is 4.37. The quantitative estimate of drug-likeness (QED) is 0.443. The Balaban J connectivity index is 1.50. The van der Waals surface area contributed by atoms with Crippen molar-refractivity contribution in [2.75, 3.05) is 39.4 Å². The summed E-state index contributed by atoms with van der Waals surface area (Å²) < 4.78 is 27.2. The van der Waals surface area contributed by atoms with Crippen molar-refractivity contribution in [2.24, 2.45) is 5.92 Å². The van der Waals surface area contributed by atoms with Crippen molar-refractivity contribution < 1.29 is 38.1 Å². The summed E-state index contributed by atoms with van der Waals surface area (Å²) in [5.74, 6) is 0.281. The van der Waals surface area contributed by atoms with Crippen molar-refractivity contribution in [1.82, 2.24) is 0 Å². The zero-order valence-corrected chi connectivity index (χ0v) is 19.9. The van der Waals surface area contributed by atoms with Crippen LogP contribution < -0.4 is 24.3 Å². The van der Waals surface area contributed by atoms with Crippen molar-refractivity contribution in [3.8, 4) is 23.0 Å². The summed E-state index contributed by atoms with van der Waals surface area (Å²) in [7, 11) is 2.91. The molecule has 1 amide bonds. The van der Waals surface area contributed by atoms with Crippen LogP contribution in [0.2, 0.25) is 0 Å². The van der Waals surface area contributed by atoms with Gasteiger partial charge in [-0.1, -0.05) is 12.8 Å². The van der Waals surface area contributed by atoms with Crippen LogP contribution in [0.25, 0.3) is 0 Å². The lowest BCUT2D eigenvalue weighted by Crippen LogP contribution is -2.23. The molecule has 2 aliphatic rings. The maximum Gasteiger partial charge on any atom is 0.340 e. The molecule has 1 aliphatic carbocycles. The number of rotatable bonds is 8. The Morgan fingerprint density at radius 3 is 2.31 bits per heavy atom. The average Bonchev–Trinajstić information content (AvgIpc) is 3.32. The average molecular weight is 484 g/mol. The Kier molecular flexibility index (Phi) is 7.74. The fourth-order valence-corrected chi connectivity index (χ4v) is 4.20. The Morgan fingerprint density at radius 1 is 0.914 bits per heavy atom. The molecule has 0 saturated heterocycles. The summed E-state index contributed by atoms with van der Waals surface area (Å²) in [4.78, 5) is 38.4. The van der Waals surface area contributed by atoms with Gasteiger partial charge in [-0.2, -0.15) is 0 Å². The van der Waals surface area contributed by atoms with Gasteiger partial charge in [-0.3, -0.25) is 9.59 Å². The third kappa shape index (κ3) is 5.67. The number of Topliss-reactive ketones (excluding diaryl/α,β-unsaturated/α-hetero) is 1. The molecule has 0 aromatic heterocycles. The predicted octanol–water partition coefficient (Wildman–Crippen LogP) is 4.03. The molecule has 35 heavy (non-hydrogen) atoms. The summed E-state index contributed by atoms with van der Waals surface area (Å²) in [6.45, 7) is 0.556. The number of carbonyl (C=O) groups excluding carboxylic acids is 3. The molecule has 9 nitrogen and oxygen atoms in total. The van der Waals surface area contributed by atoms with Crippen LogP contribution in [0.4, 0.5) is 5.69 Å². The van der Waals surface area contributed by atoms with Gasteiger partial charge in [-0.25, -0.2) is 4.79 Å². The molecule has 186 valence electrons. The maximum atomic E-state index is 13.0. The molecule has 1 saturated carbocycles. The highest BCUT2D eigenvalue weighted by Crippen LogP contribution is 2.35. The molecule has 1 aliphatic heterocycles. The number of nitrogens with one attached hydrogen (secondary N) is 1. The first-order chi connectivity index (χ1) is 17.0. The first-order valence-electron chi connectivity index (χ1n) is 11.7. The Bertz CT molecular complexity index is 1110. The number of methoxy groups -OCH3 is 2. The molecule has 1 fully saturated rings. The SMILES string of the molecule is COc1cc(NC(=O)C2CCCC2)c(C(=O)OCC(=O)c2ccc3c(c2)OCCCO3)cc1OC. The molecule has 0 atom stereocenters. The van der Waals surface area contributed by atoms with Gasteiger partial charge in [0.05, 0.1) is 38.7 Å². The molecule has 0 bridgehead atoms. The number of hydrogen-bond acceptors (Lipinski definition) is 8. The van der Waals surface area contributed by atoms with Crippen LogP contribution in [0.1, 0.15) is 52.8 Å². The Morgan fingerprint density at radius 2 is 1.60 bits per heavy atom. The van der Waals surface area contributed by atoms with Gasteiger partial charge in [0, 0.05) is 30.0 Å². The van der Waals surface area contributed by atoms with E-state index < -0.39 is 18.4 Å². The largest absolute Gasteiger partial charge is 0.493 e. The topological polar surface area (TPSA) is 109 Å². The van der Waals surface area contributed by atoms with Crippen LogP contribution in [0, 0.1) is 5.92 Å². The van der Waals surface area contributed by atoms with Crippen molar-refractivity contribution in [3.05, 3.63) is 41.5 Å². The first-order valence-corrected chi connectivity index (χ1v) is 11.7. The van der Waals surface area contributed by atoms with Crippen LogP contribution in [0.5, 0.6) is 23.0 Å². The molecular weight excluding hydrogens is 454 g/mol. The van der Waals surface area contributed by atoms with Crippen molar-refractivity contribution in [3.63, 3.8) is 0 Å². The highest BCUT2D eigenvalue weighted by atomic mass is 16.5. The van der Waals surface area contributed by atoms with E-state index in [1.165, 1.54) is 26.4 Å². The number of carbonyl (C=O) groups is 3. The van der Waals surface area contributed by atoms with Crippen LogP contribution in [0.3, 0.4) is 0 Å². The molecule has 2 aromatic carbocycles.